The lowest BCUT2D eigenvalue weighted by Crippen LogP contribution is -2.28. The number of carbonyl (C=O) groups excluding carboxylic acids is 1. The fraction of sp³-hybridized carbons (Fsp3) is 0.269. The molecule has 1 atom stereocenters. The fourth-order valence-corrected chi connectivity index (χ4v) is 5.11. The monoisotopic (exact) mass is 490 g/mol. The van der Waals surface area contributed by atoms with Crippen LogP contribution in [0.15, 0.2) is 59.6 Å². The summed E-state index contributed by atoms with van der Waals surface area (Å²) in [6.45, 7) is 4.26. The van der Waals surface area contributed by atoms with Gasteiger partial charge in [-0.15, -0.1) is 0 Å². The summed E-state index contributed by atoms with van der Waals surface area (Å²) in [6.07, 6.45) is 4.70. The summed E-state index contributed by atoms with van der Waals surface area (Å²) in [5.74, 6) is 1.75. The van der Waals surface area contributed by atoms with Gasteiger partial charge in [0.2, 0.25) is 5.91 Å². The molecule has 2 aromatic heterocycles. The van der Waals surface area contributed by atoms with E-state index in [1.807, 2.05) is 36.1 Å². The number of sulfone groups is 1. The third kappa shape index (κ3) is 4.64. The number of benzene rings is 2. The molecule has 0 spiro atoms. The first-order chi connectivity index (χ1) is 16.7. The van der Waals surface area contributed by atoms with Gasteiger partial charge in [0.25, 0.3) is 0 Å². The van der Waals surface area contributed by atoms with Crippen LogP contribution in [0.1, 0.15) is 36.9 Å². The Balaban J connectivity index is 1.59. The van der Waals surface area contributed by atoms with Crippen molar-refractivity contribution >= 4 is 26.8 Å². The first-order valence-electron chi connectivity index (χ1n) is 11.4. The number of imidazole rings is 1. The third-order valence-electron chi connectivity index (χ3n) is 6.26. The summed E-state index contributed by atoms with van der Waals surface area (Å²) >= 11 is 0. The van der Waals surface area contributed by atoms with Crippen molar-refractivity contribution in [3.05, 3.63) is 65.9 Å². The highest BCUT2D eigenvalue weighted by atomic mass is 32.2. The number of ether oxygens (including phenoxy) is 1. The predicted molar refractivity (Wildman–Crippen MR) is 133 cm³/mol. The summed E-state index contributed by atoms with van der Waals surface area (Å²) in [5.41, 5.74) is 4.21. The van der Waals surface area contributed by atoms with E-state index in [4.69, 9.17) is 9.72 Å². The van der Waals surface area contributed by atoms with Gasteiger partial charge in [0.05, 0.1) is 22.0 Å². The lowest BCUT2D eigenvalue weighted by Gasteiger charge is -2.25. The number of nitrogens with zero attached hydrogens (tertiary/aromatic N) is 3. The molecule has 1 saturated heterocycles. The van der Waals surface area contributed by atoms with Crippen molar-refractivity contribution in [1.82, 2.24) is 19.9 Å². The van der Waals surface area contributed by atoms with E-state index >= 15 is 0 Å². The average Bonchev–Trinajstić information content (AvgIpc) is 3.46. The maximum absolute atomic E-state index is 12.3. The Morgan fingerprint density at radius 1 is 1.14 bits per heavy atom. The number of likely N-dealkylation sites (tertiary alicyclic amines) is 1. The molecule has 9 heteroatoms. The van der Waals surface area contributed by atoms with E-state index in [9.17, 15) is 13.2 Å². The lowest BCUT2D eigenvalue weighted by molar-refractivity contribution is -0.129. The predicted octanol–water partition coefficient (Wildman–Crippen LogP) is 4.81. The highest BCUT2D eigenvalue weighted by Crippen LogP contribution is 2.41. The number of nitrogens with one attached hydrogen (secondary N) is 1. The van der Waals surface area contributed by atoms with Gasteiger partial charge in [-0.05, 0) is 61.7 Å². The Morgan fingerprint density at radius 2 is 1.91 bits per heavy atom. The number of H-pyrrole nitrogens is 1. The summed E-state index contributed by atoms with van der Waals surface area (Å²) in [7, 11) is -3.31. The number of rotatable bonds is 5. The molecule has 1 aliphatic rings. The summed E-state index contributed by atoms with van der Waals surface area (Å²) < 4.78 is 29.9. The molecule has 1 unspecified atom stereocenters. The molecule has 0 saturated carbocycles. The van der Waals surface area contributed by atoms with Crippen molar-refractivity contribution in [3.63, 3.8) is 0 Å². The zero-order valence-corrected chi connectivity index (χ0v) is 20.6. The van der Waals surface area contributed by atoms with Crippen LogP contribution in [0.25, 0.3) is 22.6 Å². The number of hydrogen-bond donors (Lipinski definition) is 1. The molecule has 180 valence electrons. The zero-order valence-electron chi connectivity index (χ0n) is 19.8. The number of aromatic nitrogens is 3. The molecular weight excluding hydrogens is 464 g/mol. The van der Waals surface area contributed by atoms with Gasteiger partial charge in [-0.2, -0.15) is 0 Å². The largest absolute Gasteiger partial charge is 0.457 e. The minimum absolute atomic E-state index is 0.0187. The number of pyridine rings is 1. The maximum atomic E-state index is 12.3. The van der Waals surface area contributed by atoms with Gasteiger partial charge < -0.3 is 14.6 Å². The van der Waals surface area contributed by atoms with Crippen LogP contribution in [0.4, 0.5) is 0 Å². The molecule has 1 amide bonds. The highest BCUT2D eigenvalue weighted by molar-refractivity contribution is 7.90. The molecule has 1 fully saturated rings. The van der Waals surface area contributed by atoms with Crippen molar-refractivity contribution < 1.29 is 17.9 Å². The van der Waals surface area contributed by atoms with Crippen LogP contribution in [0, 0.1) is 6.92 Å². The van der Waals surface area contributed by atoms with Gasteiger partial charge in [0.15, 0.2) is 15.7 Å². The third-order valence-corrected chi connectivity index (χ3v) is 7.39. The Hall–Kier alpha value is -3.72. The number of amides is 1. The van der Waals surface area contributed by atoms with Gasteiger partial charge in [0, 0.05) is 37.6 Å². The topological polar surface area (TPSA) is 105 Å². The SMILES string of the molecule is CC(=O)N1CCCC1c1cc2[nH]c(-c3ccc(C)cn3)nc2cc1Oc1ccc(S(C)(=O)=O)cc1. The number of aryl methyl sites for hydroxylation is 1. The van der Waals surface area contributed by atoms with E-state index in [0.29, 0.717) is 29.4 Å². The molecule has 5 rings (SSSR count). The van der Waals surface area contributed by atoms with E-state index in [0.717, 1.165) is 35.2 Å². The quantitative estimate of drug-likeness (QED) is 0.430. The molecule has 3 heterocycles. The number of aromatic amines is 1. The average molecular weight is 491 g/mol. The van der Waals surface area contributed by atoms with Gasteiger partial charge in [-0.25, -0.2) is 13.4 Å². The van der Waals surface area contributed by atoms with E-state index < -0.39 is 9.84 Å². The fourth-order valence-electron chi connectivity index (χ4n) is 4.48. The van der Waals surface area contributed by atoms with Crippen LogP contribution < -0.4 is 4.74 Å². The number of fused-ring (bicyclic) bond motifs is 1. The highest BCUT2D eigenvalue weighted by Gasteiger charge is 2.31. The van der Waals surface area contributed by atoms with E-state index in [2.05, 4.69) is 9.97 Å². The second kappa shape index (κ2) is 8.81. The first kappa shape index (κ1) is 23.0. The molecule has 4 aromatic rings. The Labute approximate surface area is 203 Å². The van der Waals surface area contributed by atoms with Crippen molar-refractivity contribution in [1.29, 1.82) is 0 Å². The molecule has 1 N–H and O–H groups in total. The van der Waals surface area contributed by atoms with Crippen molar-refractivity contribution in [2.45, 2.75) is 37.6 Å². The van der Waals surface area contributed by atoms with Crippen molar-refractivity contribution in [3.8, 4) is 23.0 Å². The van der Waals surface area contributed by atoms with E-state index in [1.54, 1.807) is 25.3 Å². The standard InChI is InChI=1S/C26H26N4O4S/c1-16-6-11-21(27-15-16)26-28-22-13-20(24-5-4-12-30(24)17(2)31)25(14-23(22)29-26)34-18-7-9-19(10-8-18)35(3,32)33/h6-11,13-15,24H,4-5,12H2,1-3H3,(H,28,29). The molecular formula is C26H26N4O4S. The normalized spacial score (nSPS) is 16.1. The molecule has 35 heavy (non-hydrogen) atoms. The second-order valence-electron chi connectivity index (χ2n) is 8.93. The van der Waals surface area contributed by atoms with Crippen LogP contribution in [0.5, 0.6) is 11.5 Å². The van der Waals surface area contributed by atoms with Crippen LogP contribution in [-0.4, -0.2) is 47.0 Å². The Morgan fingerprint density at radius 3 is 2.57 bits per heavy atom. The molecule has 8 nitrogen and oxygen atoms in total. The zero-order chi connectivity index (χ0) is 24.7. The van der Waals surface area contributed by atoms with Crippen molar-refractivity contribution in [2.75, 3.05) is 12.8 Å². The first-order valence-corrected chi connectivity index (χ1v) is 13.3. The summed E-state index contributed by atoms with van der Waals surface area (Å²) in [5, 5.41) is 0. The molecule has 0 bridgehead atoms. The van der Waals surface area contributed by atoms with Crippen LogP contribution in [-0.2, 0) is 14.6 Å². The van der Waals surface area contributed by atoms with Gasteiger partial charge in [-0.3, -0.25) is 9.78 Å². The van der Waals surface area contributed by atoms with Crippen LogP contribution in [0.2, 0.25) is 0 Å². The van der Waals surface area contributed by atoms with Crippen LogP contribution >= 0.6 is 0 Å². The molecule has 1 aliphatic heterocycles. The van der Waals surface area contributed by atoms with Gasteiger partial charge in [-0.1, -0.05) is 6.07 Å². The Bertz CT molecular complexity index is 1510. The molecule has 2 aromatic carbocycles. The maximum Gasteiger partial charge on any atom is 0.219 e. The van der Waals surface area contributed by atoms with Gasteiger partial charge in [0.1, 0.15) is 17.2 Å². The minimum Gasteiger partial charge on any atom is -0.457 e. The summed E-state index contributed by atoms with van der Waals surface area (Å²) in [4.78, 5) is 26.9. The smallest absolute Gasteiger partial charge is 0.219 e. The Kier molecular flexibility index (Phi) is 5.80. The second-order valence-corrected chi connectivity index (χ2v) is 10.9. The van der Waals surface area contributed by atoms with E-state index in [-0.39, 0.29) is 16.8 Å². The lowest BCUT2D eigenvalue weighted by atomic mass is 10.0. The number of hydrogen-bond acceptors (Lipinski definition) is 6. The van der Waals surface area contributed by atoms with Crippen molar-refractivity contribution in [2.24, 2.45) is 0 Å². The number of carbonyl (C=O) groups is 1. The molecule has 0 aliphatic carbocycles. The van der Waals surface area contributed by atoms with Crippen LogP contribution in [0.3, 0.4) is 0 Å². The van der Waals surface area contributed by atoms with E-state index in [1.165, 1.54) is 18.4 Å². The summed E-state index contributed by atoms with van der Waals surface area (Å²) in [6, 6.07) is 14.0. The van der Waals surface area contributed by atoms with Gasteiger partial charge >= 0.3 is 0 Å². The molecule has 0 radical (unpaired) electrons. The minimum atomic E-state index is -3.31.